The van der Waals surface area contributed by atoms with Gasteiger partial charge in [-0.25, -0.2) is 9.59 Å². The molecule has 2 aromatic carbocycles. The predicted molar refractivity (Wildman–Crippen MR) is 263 cm³/mol. The van der Waals surface area contributed by atoms with Gasteiger partial charge in [0, 0.05) is 34.5 Å². The lowest BCUT2D eigenvalue weighted by Gasteiger charge is -2.60. The minimum absolute atomic E-state index is 0.0642. The van der Waals surface area contributed by atoms with Crippen molar-refractivity contribution >= 4 is 41.9 Å². The molecule has 8 fully saturated rings. The average molecular weight is 1060 g/mol. The minimum Gasteiger partial charge on any atom is -0.446 e. The van der Waals surface area contributed by atoms with Crippen molar-refractivity contribution in [3.05, 3.63) is 60.7 Å². The SMILES string of the molecule is C[C@@H]1CC[C@@]2(OC1)OC1C[C@H]3[C@@H]4CC[C@H]5C[C@@H](O[C@@H]6O[C@H](CO)[C@@H](O[C@@H]7O[C@H](COC(=O)NSc8ccccc8)[C@@H](OC(=O)NSc8ccccc8)[C@H](O)[C@H]7O)[C@H](O)[C@H]6O)CC[C@]5(C)[C@H]4C(=O)C[C@]3(C)C1[C@@H]2C. The lowest BCUT2D eigenvalue weighted by molar-refractivity contribution is -0.363. The molecule has 4 saturated carbocycles. The number of hydrogen-bond donors (Lipinski definition) is 7. The summed E-state index contributed by atoms with van der Waals surface area (Å²) in [7, 11) is 0. The van der Waals surface area contributed by atoms with Crippen LogP contribution in [0, 0.1) is 52.3 Å². The van der Waals surface area contributed by atoms with E-state index in [1.54, 1.807) is 48.5 Å². The molecule has 2 amide bonds. The Balaban J connectivity index is 0.762. The third-order valence-electron chi connectivity index (χ3n) is 18.3. The molecule has 10 rings (SSSR count). The Morgan fingerprint density at radius 3 is 2.05 bits per heavy atom. The van der Waals surface area contributed by atoms with Gasteiger partial charge in [0.1, 0.15) is 55.1 Å². The maximum Gasteiger partial charge on any atom is 0.417 e. The van der Waals surface area contributed by atoms with Crippen molar-refractivity contribution in [3.8, 4) is 0 Å². The summed E-state index contributed by atoms with van der Waals surface area (Å²) in [6.07, 6.45) is -11.0. The first-order chi connectivity index (χ1) is 35.0. The highest BCUT2D eigenvalue weighted by molar-refractivity contribution is 7.98. The van der Waals surface area contributed by atoms with Gasteiger partial charge in [-0.1, -0.05) is 64.1 Å². The highest BCUT2D eigenvalue weighted by Crippen LogP contribution is 2.70. The molecule has 4 heterocycles. The first-order valence-electron chi connectivity index (χ1n) is 26.1. The molecule has 0 radical (unpaired) electrons. The van der Waals surface area contributed by atoms with E-state index in [0.29, 0.717) is 48.4 Å². The van der Waals surface area contributed by atoms with Gasteiger partial charge >= 0.3 is 12.2 Å². The van der Waals surface area contributed by atoms with E-state index >= 15 is 0 Å². The standard InChI is InChI=1S/C53H72N2O16S2/c1-27-17-20-53(65-25-27)28(2)39-36(71-53)22-34-33-16-15-29-21-30(18-19-51(29,3)40(33)35(57)23-52(34,39)4)66-47-43(60)41(58)45(37(24-56)67-47)69-48-44(61)42(59)46(70-50(63)55-73-32-13-9-6-10-14-32)38(68-48)26-64-49(62)54-72-31-11-7-5-8-12-31/h5-14,27-30,33-34,36-48,56,58-61H,15-26H2,1-4H3,(H,54,62)(H,55,63)/t27-,28+,29+,30+,33+,34+,36?,37-,38-,39?,40-,41-,42-,43-,44-,45-,46-,47-,48+,51+,52+,53-/m1/s1. The van der Waals surface area contributed by atoms with E-state index in [2.05, 4.69) is 37.1 Å². The maximum atomic E-state index is 14.7. The summed E-state index contributed by atoms with van der Waals surface area (Å²) in [4.78, 5) is 41.9. The lowest BCUT2D eigenvalue weighted by Crippen LogP contribution is -2.65. The number of Topliss-reactive ketones (excluding diaryl/α,β-unsaturated/α-hetero) is 1. The fraction of sp³-hybridized carbons (Fsp3) is 0.717. The molecule has 4 aliphatic carbocycles. The molecule has 0 aromatic heterocycles. The van der Waals surface area contributed by atoms with Gasteiger partial charge in [-0.05, 0) is 134 Å². The van der Waals surface area contributed by atoms with Crippen molar-refractivity contribution in [3.63, 3.8) is 0 Å². The van der Waals surface area contributed by atoms with Crippen LogP contribution in [-0.4, -0.2) is 143 Å². The van der Waals surface area contributed by atoms with Gasteiger partial charge in [-0.15, -0.1) is 0 Å². The van der Waals surface area contributed by atoms with Crippen LogP contribution in [-0.2, 0) is 42.7 Å². The molecule has 402 valence electrons. The van der Waals surface area contributed by atoms with Gasteiger partial charge in [0.05, 0.1) is 25.4 Å². The van der Waals surface area contributed by atoms with E-state index in [1.165, 1.54) is 0 Å². The lowest BCUT2D eigenvalue weighted by atomic mass is 9.44. The van der Waals surface area contributed by atoms with Crippen LogP contribution < -0.4 is 9.44 Å². The Morgan fingerprint density at radius 2 is 1.40 bits per heavy atom. The van der Waals surface area contributed by atoms with Crippen LogP contribution in [0.1, 0.15) is 85.5 Å². The number of hydrogen-bond acceptors (Lipinski definition) is 18. The second-order valence-corrected chi connectivity index (χ2v) is 24.3. The fourth-order valence-corrected chi connectivity index (χ4v) is 15.8. The number of benzene rings is 2. The quantitative estimate of drug-likeness (QED) is 0.102. The third-order valence-corrected chi connectivity index (χ3v) is 19.8. The van der Waals surface area contributed by atoms with Crippen LogP contribution in [0.4, 0.5) is 9.59 Å². The zero-order valence-electron chi connectivity index (χ0n) is 41.8. The topological polar surface area (TPSA) is 250 Å². The number of ketones is 1. The molecular formula is C53H72N2O16S2. The second-order valence-electron chi connectivity index (χ2n) is 22.5. The number of carbonyl (C=O) groups excluding carboxylic acids is 3. The number of rotatable bonds is 12. The predicted octanol–water partition coefficient (Wildman–Crippen LogP) is 5.50. The summed E-state index contributed by atoms with van der Waals surface area (Å²) < 4.78 is 54.0. The van der Waals surface area contributed by atoms with Crippen LogP contribution in [0.5, 0.6) is 0 Å². The van der Waals surface area contributed by atoms with Crippen molar-refractivity contribution < 1.29 is 77.8 Å². The smallest absolute Gasteiger partial charge is 0.417 e. The van der Waals surface area contributed by atoms with Crippen LogP contribution >= 0.6 is 23.9 Å². The molecule has 2 unspecified atom stereocenters. The Morgan fingerprint density at radius 1 is 0.753 bits per heavy atom. The molecule has 4 saturated heterocycles. The third kappa shape index (κ3) is 10.3. The largest absolute Gasteiger partial charge is 0.446 e. The summed E-state index contributed by atoms with van der Waals surface area (Å²) in [6, 6.07) is 17.9. The zero-order chi connectivity index (χ0) is 51.4. The van der Waals surface area contributed by atoms with Crippen LogP contribution in [0.25, 0.3) is 0 Å². The minimum atomic E-state index is -1.91. The summed E-state index contributed by atoms with van der Waals surface area (Å²) in [5.74, 6) is 1.61. The van der Waals surface area contributed by atoms with Gasteiger partial charge in [-0.3, -0.25) is 14.2 Å². The van der Waals surface area contributed by atoms with Gasteiger partial charge in [0.25, 0.3) is 0 Å². The zero-order valence-corrected chi connectivity index (χ0v) is 43.4. The van der Waals surface area contributed by atoms with Gasteiger partial charge in [-0.2, -0.15) is 0 Å². The number of amides is 2. The van der Waals surface area contributed by atoms with Crippen molar-refractivity contribution in [2.24, 2.45) is 52.3 Å². The van der Waals surface area contributed by atoms with Crippen molar-refractivity contribution in [1.29, 1.82) is 0 Å². The molecule has 18 nitrogen and oxygen atoms in total. The van der Waals surface area contributed by atoms with Gasteiger partial charge in [0.2, 0.25) is 0 Å². The number of aliphatic hydroxyl groups excluding tert-OH is 5. The van der Waals surface area contributed by atoms with Crippen molar-refractivity contribution in [2.45, 2.75) is 175 Å². The molecule has 2 aromatic rings. The molecule has 0 bridgehead atoms. The van der Waals surface area contributed by atoms with Crippen molar-refractivity contribution in [2.75, 3.05) is 19.8 Å². The summed E-state index contributed by atoms with van der Waals surface area (Å²) in [5, 5.41) is 56.6. The molecule has 20 heteroatoms. The Labute approximate surface area is 434 Å². The van der Waals surface area contributed by atoms with Crippen LogP contribution in [0.3, 0.4) is 0 Å². The molecular weight excluding hydrogens is 985 g/mol. The maximum absolute atomic E-state index is 14.7. The Bertz CT molecular complexity index is 2250. The van der Waals surface area contributed by atoms with E-state index in [0.717, 1.165) is 67.3 Å². The van der Waals surface area contributed by atoms with E-state index in [1.807, 2.05) is 12.1 Å². The number of fused-ring (bicyclic) bond motifs is 7. The van der Waals surface area contributed by atoms with Gasteiger partial charge in [0.15, 0.2) is 24.5 Å². The van der Waals surface area contributed by atoms with E-state index in [4.69, 9.17) is 37.9 Å². The monoisotopic (exact) mass is 1060 g/mol. The molecule has 1 spiro atoms. The van der Waals surface area contributed by atoms with E-state index in [-0.39, 0.29) is 52.6 Å². The second kappa shape index (κ2) is 21.7. The summed E-state index contributed by atoms with van der Waals surface area (Å²) in [5.41, 5.74) is -0.377. The van der Waals surface area contributed by atoms with Gasteiger partial charge < -0.3 is 63.4 Å². The first kappa shape index (κ1) is 53.3. The highest BCUT2D eigenvalue weighted by Gasteiger charge is 2.71. The number of nitrogens with one attached hydrogen (secondary N) is 2. The molecule has 8 aliphatic rings. The number of carbonyl (C=O) groups is 3. The highest BCUT2D eigenvalue weighted by atomic mass is 32.2. The van der Waals surface area contributed by atoms with E-state index in [9.17, 15) is 39.9 Å². The normalized spacial score (nSPS) is 45.1. The van der Waals surface area contributed by atoms with Crippen LogP contribution in [0.2, 0.25) is 0 Å². The first-order valence-corrected chi connectivity index (χ1v) is 27.8. The number of ether oxygens (including phenoxy) is 8. The average Bonchev–Trinajstić information content (AvgIpc) is 3.83. The van der Waals surface area contributed by atoms with E-state index < -0.39 is 92.6 Å². The Kier molecular flexibility index (Phi) is 15.9. The molecule has 73 heavy (non-hydrogen) atoms. The summed E-state index contributed by atoms with van der Waals surface area (Å²) >= 11 is 1.94. The summed E-state index contributed by atoms with van der Waals surface area (Å²) in [6.45, 7) is 8.58. The molecule has 7 N–H and O–H groups in total. The Hall–Kier alpha value is -3.09. The molecule has 4 aliphatic heterocycles. The fourth-order valence-electron chi connectivity index (χ4n) is 14.7. The van der Waals surface area contributed by atoms with Crippen molar-refractivity contribution in [1.82, 2.24) is 9.44 Å². The molecule has 22 atom stereocenters. The number of aliphatic hydroxyl groups is 5. The van der Waals surface area contributed by atoms with Crippen LogP contribution in [0.15, 0.2) is 70.5 Å².